The van der Waals surface area contributed by atoms with Gasteiger partial charge in [0, 0.05) is 24.6 Å². The third-order valence-corrected chi connectivity index (χ3v) is 5.59. The van der Waals surface area contributed by atoms with Gasteiger partial charge in [0.15, 0.2) is 17.2 Å². The van der Waals surface area contributed by atoms with Gasteiger partial charge in [-0.2, -0.15) is 0 Å². The Hall–Kier alpha value is -4.19. The number of halogens is 1. The zero-order valence-corrected chi connectivity index (χ0v) is 18.1. The average Bonchev–Trinajstić information content (AvgIpc) is 3.17. The molecule has 0 spiro atoms. The van der Waals surface area contributed by atoms with E-state index in [1.807, 2.05) is 60.7 Å². The number of hydrogen-bond acceptors (Lipinski definition) is 4. The quantitative estimate of drug-likeness (QED) is 0.383. The van der Waals surface area contributed by atoms with Gasteiger partial charge in [-0.1, -0.05) is 66.7 Å². The van der Waals surface area contributed by atoms with Crippen LogP contribution >= 0.6 is 0 Å². The summed E-state index contributed by atoms with van der Waals surface area (Å²) in [4.78, 5) is 9.64. The molecule has 0 aliphatic heterocycles. The van der Waals surface area contributed by atoms with Crippen molar-refractivity contribution in [3.05, 3.63) is 113 Å². The predicted molar refractivity (Wildman–Crippen MR) is 125 cm³/mol. The van der Waals surface area contributed by atoms with Crippen LogP contribution < -0.4 is 4.74 Å². The maximum absolute atomic E-state index is 13.8. The fourth-order valence-corrected chi connectivity index (χ4v) is 3.93. The Morgan fingerprint density at radius 1 is 0.848 bits per heavy atom. The number of aromatic nitrogens is 3. The summed E-state index contributed by atoms with van der Waals surface area (Å²) in [6.07, 6.45) is 2.71. The lowest BCUT2D eigenvalue weighted by Crippen LogP contribution is -2.00. The van der Waals surface area contributed by atoms with E-state index in [-0.39, 0.29) is 11.6 Å². The molecule has 0 amide bonds. The number of nitrogens with zero attached hydrogens (tertiary/aromatic N) is 3. The molecule has 164 valence electrons. The zero-order valence-electron chi connectivity index (χ0n) is 18.1. The van der Waals surface area contributed by atoms with Gasteiger partial charge in [0.1, 0.15) is 5.69 Å². The summed E-state index contributed by atoms with van der Waals surface area (Å²) in [6.45, 7) is 0. The molecule has 3 aromatic carbocycles. The second kappa shape index (κ2) is 8.74. The van der Waals surface area contributed by atoms with Crippen molar-refractivity contribution >= 4 is 5.65 Å². The lowest BCUT2D eigenvalue weighted by Gasteiger charge is -2.08. The van der Waals surface area contributed by atoms with Crippen molar-refractivity contribution in [2.45, 2.75) is 12.8 Å². The highest BCUT2D eigenvalue weighted by Crippen LogP contribution is 2.29. The molecule has 0 radical (unpaired) electrons. The molecule has 0 atom stereocenters. The molecule has 0 aliphatic carbocycles. The van der Waals surface area contributed by atoms with Crippen LogP contribution in [0, 0.1) is 5.82 Å². The van der Waals surface area contributed by atoms with Crippen molar-refractivity contribution in [1.29, 1.82) is 0 Å². The molecule has 33 heavy (non-hydrogen) atoms. The highest BCUT2D eigenvalue weighted by Gasteiger charge is 2.18. The van der Waals surface area contributed by atoms with Crippen molar-refractivity contribution < 1.29 is 14.2 Å². The van der Waals surface area contributed by atoms with Crippen LogP contribution in [-0.4, -0.2) is 26.6 Å². The minimum Gasteiger partial charge on any atom is -0.494 e. The van der Waals surface area contributed by atoms with Crippen molar-refractivity contribution in [1.82, 2.24) is 14.4 Å². The number of methoxy groups -OCH3 is 1. The normalized spacial score (nSPS) is 11.1. The topological polar surface area (TPSA) is 59.7 Å². The van der Waals surface area contributed by atoms with Crippen LogP contribution in [0.1, 0.15) is 22.5 Å². The van der Waals surface area contributed by atoms with Crippen molar-refractivity contribution in [2.24, 2.45) is 0 Å². The van der Waals surface area contributed by atoms with Crippen LogP contribution in [0.3, 0.4) is 0 Å². The smallest absolute Gasteiger partial charge is 0.219 e. The van der Waals surface area contributed by atoms with Gasteiger partial charge in [0.2, 0.25) is 5.88 Å². The average molecular weight is 439 g/mol. The molecule has 0 bridgehead atoms. The molecular formula is C27H22FN3O2. The van der Waals surface area contributed by atoms with Crippen molar-refractivity contribution in [3.8, 4) is 22.9 Å². The van der Waals surface area contributed by atoms with Gasteiger partial charge in [0.25, 0.3) is 0 Å². The monoisotopic (exact) mass is 439 g/mol. The molecule has 2 heterocycles. The molecule has 5 aromatic rings. The summed E-state index contributed by atoms with van der Waals surface area (Å²) in [5, 5.41) is 11.1. The SMILES string of the molecule is COc1cc(Cc2nc3c(Cc4ccccc4)nc(-c4ccccc4)cn3c2O)ccc1F. The largest absolute Gasteiger partial charge is 0.494 e. The van der Waals surface area contributed by atoms with Crippen LogP contribution in [-0.2, 0) is 12.8 Å². The fraction of sp³-hybridized carbons (Fsp3) is 0.111. The van der Waals surface area contributed by atoms with Gasteiger partial charge in [-0.3, -0.25) is 4.40 Å². The molecular weight excluding hydrogens is 417 g/mol. The molecule has 0 saturated carbocycles. The standard InChI is InChI=1S/C27H22FN3O2/c1-33-25-16-19(12-13-21(25)28)15-23-27(32)31-17-24(20-10-6-3-7-11-20)29-22(26(31)30-23)14-18-8-4-2-5-9-18/h2-13,16-17,32H,14-15H2,1H3. The number of fused-ring (bicyclic) bond motifs is 1. The molecule has 0 unspecified atom stereocenters. The number of rotatable bonds is 6. The Bertz CT molecular complexity index is 1420. The number of ether oxygens (including phenoxy) is 1. The van der Waals surface area contributed by atoms with Gasteiger partial charge in [-0.05, 0) is 23.3 Å². The summed E-state index contributed by atoms with van der Waals surface area (Å²) in [6, 6.07) is 24.5. The summed E-state index contributed by atoms with van der Waals surface area (Å²) < 4.78 is 20.6. The van der Waals surface area contributed by atoms with Gasteiger partial charge < -0.3 is 9.84 Å². The van der Waals surface area contributed by atoms with Crippen molar-refractivity contribution in [3.63, 3.8) is 0 Å². The number of imidazole rings is 1. The second-order valence-corrected chi connectivity index (χ2v) is 7.82. The first-order valence-electron chi connectivity index (χ1n) is 10.6. The maximum Gasteiger partial charge on any atom is 0.219 e. The zero-order chi connectivity index (χ0) is 22.8. The van der Waals surface area contributed by atoms with E-state index >= 15 is 0 Å². The molecule has 6 heteroatoms. The first-order chi connectivity index (χ1) is 16.1. The van der Waals surface area contributed by atoms with E-state index < -0.39 is 5.82 Å². The minimum atomic E-state index is -0.428. The van der Waals surface area contributed by atoms with Gasteiger partial charge >= 0.3 is 0 Å². The van der Waals surface area contributed by atoms with E-state index in [1.54, 1.807) is 22.7 Å². The number of hydrogen-bond donors (Lipinski definition) is 1. The molecule has 5 nitrogen and oxygen atoms in total. The highest BCUT2D eigenvalue weighted by molar-refractivity contribution is 5.63. The summed E-state index contributed by atoms with van der Waals surface area (Å²) >= 11 is 0. The van der Waals surface area contributed by atoms with Gasteiger partial charge in [-0.25, -0.2) is 14.4 Å². The third-order valence-electron chi connectivity index (χ3n) is 5.59. The molecule has 0 fully saturated rings. The Morgan fingerprint density at radius 3 is 2.27 bits per heavy atom. The summed E-state index contributed by atoms with van der Waals surface area (Å²) in [5.41, 5.74) is 5.44. The van der Waals surface area contributed by atoms with Crippen molar-refractivity contribution in [2.75, 3.05) is 7.11 Å². The Balaban J connectivity index is 1.62. The fourth-order valence-electron chi connectivity index (χ4n) is 3.93. The lowest BCUT2D eigenvalue weighted by molar-refractivity contribution is 0.386. The molecule has 2 aromatic heterocycles. The Labute approximate surface area is 190 Å². The maximum atomic E-state index is 13.8. The van der Waals surface area contributed by atoms with Crippen LogP contribution in [0.4, 0.5) is 4.39 Å². The van der Waals surface area contributed by atoms with E-state index in [2.05, 4.69) is 0 Å². The van der Waals surface area contributed by atoms with E-state index in [1.165, 1.54) is 13.2 Å². The summed E-state index contributed by atoms with van der Waals surface area (Å²) in [7, 11) is 1.43. The van der Waals surface area contributed by atoms with E-state index in [9.17, 15) is 9.50 Å². The minimum absolute atomic E-state index is 0.0437. The third kappa shape index (κ3) is 4.15. The van der Waals surface area contributed by atoms with Crippen LogP contribution in [0.2, 0.25) is 0 Å². The van der Waals surface area contributed by atoms with E-state index in [0.29, 0.717) is 24.2 Å². The summed E-state index contributed by atoms with van der Waals surface area (Å²) in [5.74, 6) is -0.224. The molecule has 0 aliphatic rings. The predicted octanol–water partition coefficient (Wildman–Crippen LogP) is 5.43. The van der Waals surface area contributed by atoms with Gasteiger partial charge in [-0.15, -0.1) is 0 Å². The second-order valence-electron chi connectivity index (χ2n) is 7.82. The van der Waals surface area contributed by atoms with Crippen LogP contribution in [0.15, 0.2) is 85.1 Å². The van der Waals surface area contributed by atoms with E-state index in [0.717, 1.165) is 28.1 Å². The van der Waals surface area contributed by atoms with Crippen LogP contribution in [0.5, 0.6) is 11.6 Å². The first kappa shape index (κ1) is 20.7. The van der Waals surface area contributed by atoms with Crippen LogP contribution in [0.25, 0.3) is 16.9 Å². The lowest BCUT2D eigenvalue weighted by atomic mass is 10.1. The first-order valence-corrected chi connectivity index (χ1v) is 10.6. The molecule has 5 rings (SSSR count). The van der Waals surface area contributed by atoms with Gasteiger partial charge in [0.05, 0.1) is 18.5 Å². The number of aromatic hydroxyl groups is 1. The number of benzene rings is 3. The Morgan fingerprint density at radius 2 is 1.55 bits per heavy atom. The Kier molecular flexibility index (Phi) is 5.48. The van der Waals surface area contributed by atoms with E-state index in [4.69, 9.17) is 14.7 Å². The molecule has 0 saturated heterocycles. The molecule has 1 N–H and O–H groups in total. The highest BCUT2D eigenvalue weighted by atomic mass is 19.1.